The van der Waals surface area contributed by atoms with E-state index in [9.17, 15) is 9.59 Å². The lowest BCUT2D eigenvalue weighted by atomic mass is 10.1. The second-order valence-corrected chi connectivity index (χ2v) is 9.63. The molecule has 2 saturated heterocycles. The van der Waals surface area contributed by atoms with Gasteiger partial charge in [0, 0.05) is 25.3 Å². The molecule has 0 aliphatic carbocycles. The van der Waals surface area contributed by atoms with Crippen LogP contribution in [0.5, 0.6) is 5.75 Å². The van der Waals surface area contributed by atoms with E-state index in [1.54, 1.807) is 29.0 Å². The van der Waals surface area contributed by atoms with Crippen LogP contribution < -0.4 is 14.5 Å². The number of carbonyl (C=O) groups is 2. The van der Waals surface area contributed by atoms with Gasteiger partial charge in [0.05, 0.1) is 35.4 Å². The maximum Gasteiger partial charge on any atom is 0.234 e. The Hall–Kier alpha value is -2.68. The van der Waals surface area contributed by atoms with Gasteiger partial charge < -0.3 is 14.4 Å². The fourth-order valence-corrected chi connectivity index (χ4v) is 5.70. The predicted molar refractivity (Wildman–Crippen MR) is 129 cm³/mol. The fourth-order valence-electron chi connectivity index (χ4n) is 4.43. The van der Waals surface area contributed by atoms with E-state index in [4.69, 9.17) is 26.1 Å². The molecule has 2 unspecified atom stereocenters. The van der Waals surface area contributed by atoms with Crippen molar-refractivity contribution >= 4 is 55.8 Å². The van der Waals surface area contributed by atoms with Crippen molar-refractivity contribution in [3.05, 3.63) is 47.5 Å². The monoisotopic (exact) mass is 485 g/mol. The number of para-hydroxylation sites is 1. The summed E-state index contributed by atoms with van der Waals surface area (Å²) in [5.41, 5.74) is 1.43. The van der Waals surface area contributed by atoms with E-state index in [1.165, 1.54) is 11.3 Å². The minimum absolute atomic E-state index is 0.0503. The highest BCUT2D eigenvalue weighted by Crippen LogP contribution is 2.40. The van der Waals surface area contributed by atoms with Gasteiger partial charge in [0.15, 0.2) is 5.13 Å². The second kappa shape index (κ2) is 9.29. The van der Waals surface area contributed by atoms with E-state index in [1.807, 2.05) is 30.3 Å². The molecule has 3 heterocycles. The zero-order valence-corrected chi connectivity index (χ0v) is 19.8. The lowest BCUT2D eigenvalue weighted by Gasteiger charge is -2.25. The van der Waals surface area contributed by atoms with Crippen LogP contribution in [0.1, 0.15) is 19.3 Å². The molecule has 0 spiro atoms. The van der Waals surface area contributed by atoms with Crippen LogP contribution in [-0.2, 0) is 14.3 Å². The van der Waals surface area contributed by atoms with Crippen molar-refractivity contribution in [1.82, 2.24) is 4.98 Å². The molecular weight excluding hydrogens is 462 g/mol. The number of anilines is 2. The molecule has 0 N–H and O–H groups in total. The van der Waals surface area contributed by atoms with Crippen LogP contribution in [0.3, 0.4) is 0 Å². The molecule has 0 radical (unpaired) electrons. The summed E-state index contributed by atoms with van der Waals surface area (Å²) in [6.07, 6.45) is 1.97. The van der Waals surface area contributed by atoms with Crippen LogP contribution >= 0.6 is 22.9 Å². The Morgan fingerprint density at radius 3 is 2.85 bits per heavy atom. The zero-order valence-electron chi connectivity index (χ0n) is 18.2. The molecule has 5 rings (SSSR count). The van der Waals surface area contributed by atoms with Crippen LogP contribution in [0.4, 0.5) is 10.8 Å². The average molecular weight is 486 g/mol. The summed E-state index contributed by atoms with van der Waals surface area (Å²) in [5, 5.41) is 1.10. The van der Waals surface area contributed by atoms with Crippen molar-refractivity contribution in [1.29, 1.82) is 0 Å². The summed E-state index contributed by atoms with van der Waals surface area (Å²) in [6, 6.07) is 13.0. The van der Waals surface area contributed by atoms with Gasteiger partial charge in [0.2, 0.25) is 11.8 Å². The molecular formula is C24H24ClN3O4S. The summed E-state index contributed by atoms with van der Waals surface area (Å²) in [6.45, 7) is 1.43. The summed E-state index contributed by atoms with van der Waals surface area (Å²) in [4.78, 5) is 34.6. The number of hydrogen-bond donors (Lipinski definition) is 0. The van der Waals surface area contributed by atoms with Crippen molar-refractivity contribution in [2.45, 2.75) is 25.4 Å². The molecule has 7 nitrogen and oxygen atoms in total. The Balaban J connectivity index is 1.47. The van der Waals surface area contributed by atoms with Crippen molar-refractivity contribution in [2.24, 2.45) is 5.92 Å². The first-order chi connectivity index (χ1) is 16.0. The number of methoxy groups -OCH3 is 1. The predicted octanol–water partition coefficient (Wildman–Crippen LogP) is 4.52. The van der Waals surface area contributed by atoms with Gasteiger partial charge in [-0.05, 0) is 37.1 Å². The highest BCUT2D eigenvalue weighted by Gasteiger charge is 2.39. The van der Waals surface area contributed by atoms with Crippen LogP contribution in [-0.4, -0.2) is 49.7 Å². The van der Waals surface area contributed by atoms with E-state index < -0.39 is 5.92 Å². The van der Waals surface area contributed by atoms with Crippen LogP contribution in [0, 0.1) is 5.92 Å². The van der Waals surface area contributed by atoms with Gasteiger partial charge in [0.25, 0.3) is 0 Å². The van der Waals surface area contributed by atoms with Gasteiger partial charge in [-0.15, -0.1) is 0 Å². The molecule has 2 aliphatic heterocycles. The second-order valence-electron chi connectivity index (χ2n) is 8.25. The number of benzene rings is 2. The van der Waals surface area contributed by atoms with Gasteiger partial charge in [0.1, 0.15) is 11.3 Å². The molecule has 2 aromatic carbocycles. The smallest absolute Gasteiger partial charge is 0.234 e. The Morgan fingerprint density at radius 2 is 2.12 bits per heavy atom. The van der Waals surface area contributed by atoms with Crippen molar-refractivity contribution in [2.75, 3.05) is 36.6 Å². The zero-order chi connectivity index (χ0) is 22.9. The number of hydrogen-bond acceptors (Lipinski definition) is 6. The molecule has 2 amide bonds. The van der Waals surface area contributed by atoms with Crippen LogP contribution in [0.2, 0.25) is 5.02 Å². The van der Waals surface area contributed by atoms with Gasteiger partial charge in [-0.2, -0.15) is 0 Å². The Labute approximate surface area is 200 Å². The summed E-state index contributed by atoms with van der Waals surface area (Å²) >= 11 is 7.78. The number of thiazole rings is 1. The number of carbonyl (C=O) groups excluding carboxylic acids is 2. The number of nitrogens with zero attached hydrogens (tertiary/aromatic N) is 3. The molecule has 9 heteroatoms. The Morgan fingerprint density at radius 1 is 1.30 bits per heavy atom. The highest BCUT2D eigenvalue weighted by atomic mass is 35.5. The van der Waals surface area contributed by atoms with E-state index >= 15 is 0 Å². The maximum absolute atomic E-state index is 13.8. The summed E-state index contributed by atoms with van der Waals surface area (Å²) < 4.78 is 12.0. The summed E-state index contributed by atoms with van der Waals surface area (Å²) in [7, 11) is 1.58. The third-order valence-electron chi connectivity index (χ3n) is 6.12. The SMILES string of the molecule is COc1ccc(Cl)c2sc(N(CC3CCCO3)C(=O)C3CC(=O)N(c4ccccc4)C3)nc12. The lowest BCUT2D eigenvalue weighted by molar-refractivity contribution is -0.124. The van der Waals surface area contributed by atoms with Gasteiger partial charge in [-0.1, -0.05) is 41.1 Å². The van der Waals surface area contributed by atoms with Gasteiger partial charge in [-0.25, -0.2) is 4.98 Å². The largest absolute Gasteiger partial charge is 0.494 e. The molecule has 2 aliphatic rings. The van der Waals surface area contributed by atoms with E-state index in [-0.39, 0.29) is 24.3 Å². The summed E-state index contributed by atoms with van der Waals surface area (Å²) in [5.74, 6) is -0.0201. The number of ether oxygens (including phenoxy) is 2. The first-order valence-electron chi connectivity index (χ1n) is 11.0. The number of rotatable bonds is 6. The Bertz CT molecular complexity index is 1180. The topological polar surface area (TPSA) is 72.0 Å². The van der Waals surface area contributed by atoms with E-state index in [0.717, 1.165) is 23.2 Å². The number of fused-ring (bicyclic) bond motifs is 1. The normalized spacial score (nSPS) is 20.5. The van der Waals surface area contributed by atoms with Gasteiger partial charge in [-0.3, -0.25) is 14.5 Å². The van der Waals surface area contributed by atoms with Crippen molar-refractivity contribution < 1.29 is 19.1 Å². The molecule has 2 atom stereocenters. The van der Waals surface area contributed by atoms with Crippen molar-refractivity contribution in [3.63, 3.8) is 0 Å². The van der Waals surface area contributed by atoms with E-state index in [0.29, 0.717) is 41.1 Å². The minimum Gasteiger partial charge on any atom is -0.494 e. The third-order valence-corrected chi connectivity index (χ3v) is 7.66. The molecule has 33 heavy (non-hydrogen) atoms. The first-order valence-corrected chi connectivity index (χ1v) is 12.2. The molecule has 3 aromatic rings. The lowest BCUT2D eigenvalue weighted by Crippen LogP contribution is -2.42. The van der Waals surface area contributed by atoms with Crippen molar-refractivity contribution in [3.8, 4) is 5.75 Å². The molecule has 172 valence electrons. The highest BCUT2D eigenvalue weighted by molar-refractivity contribution is 7.23. The number of halogens is 1. The third kappa shape index (κ3) is 4.30. The first kappa shape index (κ1) is 22.1. The molecule has 2 fully saturated rings. The minimum atomic E-state index is -0.455. The maximum atomic E-state index is 13.8. The fraction of sp³-hybridized carbons (Fsp3) is 0.375. The number of amides is 2. The van der Waals surface area contributed by atoms with E-state index in [2.05, 4.69) is 0 Å². The molecule has 0 bridgehead atoms. The Kier molecular flexibility index (Phi) is 6.23. The van der Waals surface area contributed by atoms with Crippen LogP contribution in [0.25, 0.3) is 10.2 Å². The standard InChI is InChI=1S/C24H24ClN3O4S/c1-31-19-10-9-18(25)22-21(19)26-24(33-22)28(14-17-8-5-11-32-17)23(30)15-12-20(29)27(13-15)16-6-3-2-4-7-16/h2-4,6-7,9-10,15,17H,5,8,11-14H2,1H3. The van der Waals surface area contributed by atoms with Gasteiger partial charge >= 0.3 is 0 Å². The number of aromatic nitrogens is 1. The average Bonchev–Trinajstić information content (AvgIpc) is 3.58. The molecule has 0 saturated carbocycles. The van der Waals surface area contributed by atoms with Crippen LogP contribution in [0.15, 0.2) is 42.5 Å². The molecule has 1 aromatic heterocycles. The quantitative estimate of drug-likeness (QED) is 0.513.